The third kappa shape index (κ3) is 5.02. The molecule has 11 heteroatoms. The molecule has 0 atom stereocenters. The highest BCUT2D eigenvalue weighted by molar-refractivity contribution is 9.10. The van der Waals surface area contributed by atoms with Crippen molar-refractivity contribution >= 4 is 60.6 Å². The maximum Gasteiger partial charge on any atom is 0.244 e. The summed E-state index contributed by atoms with van der Waals surface area (Å²) < 4.78 is 29.4. The SMILES string of the molecule is CN(CCCNc1cc(-c2ccccc2Cl)nc2c(Br)cnn12)S(=O)(=O)c1ccccc1Cl. The second-order valence-corrected chi connectivity index (χ2v) is 11.0. The number of rotatable bonds is 8. The molecular weight excluding hydrogens is 549 g/mol. The summed E-state index contributed by atoms with van der Waals surface area (Å²) in [7, 11) is -2.12. The van der Waals surface area contributed by atoms with Crippen LogP contribution in [-0.2, 0) is 10.0 Å². The highest BCUT2D eigenvalue weighted by atomic mass is 79.9. The molecule has 0 bridgehead atoms. The summed E-state index contributed by atoms with van der Waals surface area (Å²) in [5.74, 6) is 0.720. The maximum atomic E-state index is 12.8. The Bertz CT molecular complexity index is 1410. The van der Waals surface area contributed by atoms with Crippen LogP contribution in [0.4, 0.5) is 5.82 Å². The summed E-state index contributed by atoms with van der Waals surface area (Å²) >= 11 is 15.9. The molecule has 4 rings (SSSR count). The monoisotopic (exact) mass is 567 g/mol. The Morgan fingerprint density at radius 3 is 2.52 bits per heavy atom. The number of nitrogens with zero attached hydrogens (tertiary/aromatic N) is 4. The third-order valence-corrected chi connectivity index (χ3v) is 8.30. The largest absolute Gasteiger partial charge is 0.370 e. The van der Waals surface area contributed by atoms with E-state index < -0.39 is 10.0 Å². The molecule has 0 spiro atoms. The number of sulfonamides is 1. The van der Waals surface area contributed by atoms with Gasteiger partial charge in [-0.05, 0) is 40.5 Å². The molecule has 1 N–H and O–H groups in total. The van der Waals surface area contributed by atoms with Gasteiger partial charge in [0.15, 0.2) is 5.65 Å². The zero-order chi connectivity index (χ0) is 23.6. The molecule has 2 aromatic carbocycles. The predicted molar refractivity (Wildman–Crippen MR) is 136 cm³/mol. The van der Waals surface area contributed by atoms with Gasteiger partial charge in [-0.15, -0.1) is 0 Å². The van der Waals surface area contributed by atoms with E-state index >= 15 is 0 Å². The molecule has 172 valence electrons. The van der Waals surface area contributed by atoms with Crippen molar-refractivity contribution in [3.8, 4) is 11.3 Å². The summed E-state index contributed by atoms with van der Waals surface area (Å²) in [4.78, 5) is 4.79. The van der Waals surface area contributed by atoms with Crippen LogP contribution >= 0.6 is 39.1 Å². The Morgan fingerprint density at radius 1 is 1.09 bits per heavy atom. The molecule has 0 aliphatic heterocycles. The zero-order valence-electron chi connectivity index (χ0n) is 17.5. The van der Waals surface area contributed by atoms with Crippen molar-refractivity contribution in [1.29, 1.82) is 0 Å². The first-order chi connectivity index (χ1) is 15.8. The lowest BCUT2D eigenvalue weighted by molar-refractivity contribution is 0.465. The lowest BCUT2D eigenvalue weighted by Gasteiger charge is -2.18. The number of aromatic nitrogens is 3. The molecule has 0 radical (unpaired) electrons. The highest BCUT2D eigenvalue weighted by Gasteiger charge is 2.22. The number of anilines is 1. The first-order valence-corrected chi connectivity index (χ1v) is 13.0. The van der Waals surface area contributed by atoms with Gasteiger partial charge >= 0.3 is 0 Å². The van der Waals surface area contributed by atoms with E-state index in [-0.39, 0.29) is 9.92 Å². The van der Waals surface area contributed by atoms with Crippen molar-refractivity contribution in [2.75, 3.05) is 25.5 Å². The van der Waals surface area contributed by atoms with Crippen LogP contribution in [0.2, 0.25) is 10.0 Å². The van der Waals surface area contributed by atoms with E-state index in [0.717, 1.165) is 15.9 Å². The number of hydrogen-bond donors (Lipinski definition) is 1. The average molecular weight is 569 g/mol. The van der Waals surface area contributed by atoms with E-state index in [1.807, 2.05) is 30.3 Å². The first-order valence-electron chi connectivity index (χ1n) is 10.0. The number of hydrogen-bond acceptors (Lipinski definition) is 5. The van der Waals surface area contributed by atoms with E-state index in [9.17, 15) is 8.42 Å². The quantitative estimate of drug-likeness (QED) is 0.280. The van der Waals surface area contributed by atoms with Crippen molar-refractivity contribution in [1.82, 2.24) is 18.9 Å². The Balaban J connectivity index is 1.50. The number of fused-ring (bicyclic) bond motifs is 1. The third-order valence-electron chi connectivity index (χ3n) is 5.06. The van der Waals surface area contributed by atoms with Crippen LogP contribution < -0.4 is 5.32 Å². The van der Waals surface area contributed by atoms with Crippen molar-refractivity contribution in [2.45, 2.75) is 11.3 Å². The smallest absolute Gasteiger partial charge is 0.244 e. The van der Waals surface area contributed by atoms with Gasteiger partial charge in [0.05, 0.1) is 21.4 Å². The molecule has 2 aromatic heterocycles. The Morgan fingerprint density at radius 2 is 1.79 bits per heavy atom. The molecule has 2 heterocycles. The Labute approximate surface area is 210 Å². The molecular formula is C22H20BrCl2N5O2S. The molecule has 0 aliphatic carbocycles. The van der Waals surface area contributed by atoms with E-state index in [0.29, 0.717) is 35.9 Å². The fourth-order valence-corrected chi connectivity index (χ4v) is 5.61. The van der Waals surface area contributed by atoms with Crippen LogP contribution in [0, 0.1) is 0 Å². The van der Waals surface area contributed by atoms with Crippen LogP contribution in [0.15, 0.2) is 70.2 Å². The fraction of sp³-hybridized carbons (Fsp3) is 0.182. The maximum absolute atomic E-state index is 12.8. The molecule has 4 aromatic rings. The van der Waals surface area contributed by atoms with Crippen LogP contribution in [0.3, 0.4) is 0 Å². The minimum atomic E-state index is -3.67. The van der Waals surface area contributed by atoms with Crippen LogP contribution in [0.1, 0.15) is 6.42 Å². The van der Waals surface area contributed by atoms with Crippen molar-refractivity contribution in [3.05, 3.63) is 75.3 Å². The topological polar surface area (TPSA) is 79.6 Å². The Hall–Kier alpha value is -2.17. The molecule has 0 saturated heterocycles. The van der Waals surface area contributed by atoms with Crippen LogP contribution in [-0.4, -0.2) is 47.5 Å². The van der Waals surface area contributed by atoms with Crippen molar-refractivity contribution in [3.63, 3.8) is 0 Å². The van der Waals surface area contributed by atoms with Gasteiger partial charge < -0.3 is 5.32 Å². The number of benzene rings is 2. The van der Waals surface area contributed by atoms with Crippen LogP contribution in [0.5, 0.6) is 0 Å². The summed E-state index contributed by atoms with van der Waals surface area (Å²) in [6.07, 6.45) is 2.24. The normalized spacial score (nSPS) is 11.9. The standard InChI is InChI=1S/C22H20BrCl2N5O2S/c1-29(33(31,32)20-10-5-4-9-18(20)25)12-6-11-26-21-13-19(15-7-2-3-8-17(15)24)28-22-16(23)14-27-30(21)22/h2-5,7-10,13-14,26H,6,11-12H2,1H3. The second-order valence-electron chi connectivity index (χ2n) is 7.27. The van der Waals surface area contributed by atoms with Gasteiger partial charge in [0.1, 0.15) is 10.7 Å². The molecule has 0 aliphatic rings. The summed E-state index contributed by atoms with van der Waals surface area (Å²) in [6, 6.07) is 15.8. The predicted octanol–water partition coefficient (Wildman–Crippen LogP) is 5.59. The van der Waals surface area contributed by atoms with Gasteiger partial charge in [-0.2, -0.15) is 9.61 Å². The lowest BCUT2D eigenvalue weighted by atomic mass is 10.1. The van der Waals surface area contributed by atoms with Gasteiger partial charge in [0.2, 0.25) is 10.0 Å². The van der Waals surface area contributed by atoms with Crippen molar-refractivity contribution in [2.24, 2.45) is 0 Å². The minimum absolute atomic E-state index is 0.101. The fourth-order valence-electron chi connectivity index (χ4n) is 3.33. The van der Waals surface area contributed by atoms with Gasteiger partial charge in [-0.25, -0.2) is 17.7 Å². The van der Waals surface area contributed by atoms with E-state index in [2.05, 4.69) is 31.3 Å². The van der Waals surface area contributed by atoms with E-state index in [1.54, 1.807) is 36.0 Å². The van der Waals surface area contributed by atoms with E-state index in [4.69, 9.17) is 23.2 Å². The number of halogens is 3. The first kappa shape index (κ1) is 24.0. The highest BCUT2D eigenvalue weighted by Crippen LogP contribution is 2.30. The molecule has 0 unspecified atom stereocenters. The van der Waals surface area contributed by atoms with Gasteiger partial charge in [-0.1, -0.05) is 53.5 Å². The Kier molecular flexibility index (Phi) is 7.25. The van der Waals surface area contributed by atoms with Gasteiger partial charge in [0.25, 0.3) is 0 Å². The summed E-state index contributed by atoms with van der Waals surface area (Å²) in [5, 5.41) is 8.51. The molecule has 0 fully saturated rings. The molecule has 33 heavy (non-hydrogen) atoms. The van der Waals surface area contributed by atoms with Gasteiger partial charge in [0, 0.05) is 36.8 Å². The lowest BCUT2D eigenvalue weighted by Crippen LogP contribution is -2.29. The molecule has 0 amide bonds. The number of nitrogens with one attached hydrogen (secondary N) is 1. The zero-order valence-corrected chi connectivity index (χ0v) is 21.5. The average Bonchev–Trinajstić information content (AvgIpc) is 3.17. The minimum Gasteiger partial charge on any atom is -0.370 e. The molecule has 0 saturated carbocycles. The van der Waals surface area contributed by atoms with Crippen molar-refractivity contribution < 1.29 is 8.42 Å². The van der Waals surface area contributed by atoms with Gasteiger partial charge in [-0.3, -0.25) is 0 Å². The second kappa shape index (κ2) is 9.99. The van der Waals surface area contributed by atoms with E-state index in [1.165, 1.54) is 10.4 Å². The molecule has 7 nitrogen and oxygen atoms in total. The van der Waals surface area contributed by atoms with Crippen LogP contribution in [0.25, 0.3) is 16.9 Å². The summed E-state index contributed by atoms with van der Waals surface area (Å²) in [6.45, 7) is 0.829. The summed E-state index contributed by atoms with van der Waals surface area (Å²) in [5.41, 5.74) is 2.16.